The highest BCUT2D eigenvalue weighted by Crippen LogP contribution is 2.16. The average molecular weight is 379 g/mol. The van der Waals surface area contributed by atoms with E-state index >= 15 is 0 Å². The zero-order valence-corrected chi connectivity index (χ0v) is 14.9. The second-order valence-corrected chi connectivity index (χ2v) is 6.07. The van der Waals surface area contributed by atoms with Crippen LogP contribution in [0.25, 0.3) is 6.08 Å². The summed E-state index contributed by atoms with van der Waals surface area (Å²) in [5.74, 6) is -1.37. The van der Waals surface area contributed by atoms with E-state index in [0.717, 1.165) is 5.56 Å². The first kappa shape index (κ1) is 18.8. The van der Waals surface area contributed by atoms with Crippen LogP contribution in [0.2, 0.25) is 0 Å². The number of anilines is 1. The van der Waals surface area contributed by atoms with Crippen LogP contribution in [0.3, 0.4) is 0 Å². The Morgan fingerprint density at radius 2 is 1.57 bits per heavy atom. The summed E-state index contributed by atoms with van der Waals surface area (Å²) in [5, 5.41) is 6.73. The predicted molar refractivity (Wildman–Crippen MR) is 101 cm³/mol. The molecular weight excluding hydrogens is 362 g/mol. The van der Waals surface area contributed by atoms with Crippen LogP contribution in [-0.4, -0.2) is 30.4 Å². The Balaban J connectivity index is 1.57. The summed E-state index contributed by atoms with van der Waals surface area (Å²) in [7, 11) is 0. The third-order valence-electron chi connectivity index (χ3n) is 3.84. The molecule has 0 spiro atoms. The van der Waals surface area contributed by atoms with Crippen LogP contribution in [0.4, 0.5) is 10.5 Å². The molecule has 142 valence electrons. The molecule has 3 N–H and O–H groups in total. The Hall–Kier alpha value is -3.94. The molecule has 0 bridgehead atoms. The summed E-state index contributed by atoms with van der Waals surface area (Å²) >= 11 is 0. The van der Waals surface area contributed by atoms with E-state index in [1.54, 1.807) is 36.4 Å². The molecule has 28 heavy (non-hydrogen) atoms. The molecular formula is C20H17N3O5. The monoisotopic (exact) mass is 379 g/mol. The normalized spacial score (nSPS) is 13.5. The highest BCUT2D eigenvalue weighted by molar-refractivity contribution is 6.31. The second kappa shape index (κ2) is 8.17. The molecule has 0 atom stereocenters. The second-order valence-electron chi connectivity index (χ2n) is 6.07. The first-order valence-corrected chi connectivity index (χ1v) is 8.38. The van der Waals surface area contributed by atoms with Gasteiger partial charge >= 0.3 is 6.03 Å². The minimum absolute atomic E-state index is 0.165. The molecule has 1 saturated heterocycles. The topological polar surface area (TPSA) is 114 Å². The molecule has 0 radical (unpaired) electrons. The number of barbiturate groups is 1. The molecule has 1 fully saturated rings. The first-order chi connectivity index (χ1) is 13.4. The van der Waals surface area contributed by atoms with Gasteiger partial charge in [0.25, 0.3) is 17.7 Å². The van der Waals surface area contributed by atoms with Gasteiger partial charge < -0.3 is 10.1 Å². The molecule has 2 aromatic rings. The number of carbonyl (C=O) groups is 4. The molecule has 2 aromatic carbocycles. The van der Waals surface area contributed by atoms with E-state index in [1.165, 1.54) is 6.08 Å². The molecule has 1 aliphatic rings. The smallest absolute Gasteiger partial charge is 0.328 e. The number of urea groups is 1. The minimum atomic E-state index is -0.847. The SMILES string of the molecule is Cc1ccc(NC(=O)COc2ccc(C=C3C(=O)NC(=O)NC3=O)cc2)cc1. The molecule has 0 saturated carbocycles. The van der Waals surface area contributed by atoms with E-state index < -0.39 is 17.8 Å². The predicted octanol–water partition coefficient (Wildman–Crippen LogP) is 1.76. The zero-order chi connectivity index (χ0) is 20.1. The molecule has 8 heteroatoms. The Kier molecular flexibility index (Phi) is 5.50. The number of amides is 5. The molecule has 1 aliphatic heterocycles. The molecule has 0 unspecified atom stereocenters. The Morgan fingerprint density at radius 3 is 2.18 bits per heavy atom. The van der Waals surface area contributed by atoms with Gasteiger partial charge in [-0.15, -0.1) is 0 Å². The number of aryl methyl sites for hydroxylation is 1. The van der Waals surface area contributed by atoms with E-state index in [1.807, 2.05) is 29.7 Å². The van der Waals surface area contributed by atoms with Gasteiger partial charge in [0, 0.05) is 5.69 Å². The van der Waals surface area contributed by atoms with Crippen molar-refractivity contribution in [2.75, 3.05) is 11.9 Å². The van der Waals surface area contributed by atoms with Crippen molar-refractivity contribution >= 4 is 35.5 Å². The molecule has 1 heterocycles. The maximum atomic E-state index is 11.9. The fourth-order valence-electron chi connectivity index (χ4n) is 2.42. The maximum Gasteiger partial charge on any atom is 0.328 e. The maximum absolute atomic E-state index is 11.9. The largest absolute Gasteiger partial charge is 0.484 e. The van der Waals surface area contributed by atoms with Crippen molar-refractivity contribution in [3.63, 3.8) is 0 Å². The molecule has 8 nitrogen and oxygen atoms in total. The van der Waals surface area contributed by atoms with Crippen molar-refractivity contribution in [2.45, 2.75) is 6.92 Å². The minimum Gasteiger partial charge on any atom is -0.484 e. The van der Waals surface area contributed by atoms with Gasteiger partial charge in [0.15, 0.2) is 6.61 Å². The number of benzene rings is 2. The van der Waals surface area contributed by atoms with Crippen LogP contribution >= 0.6 is 0 Å². The number of carbonyl (C=O) groups excluding carboxylic acids is 4. The van der Waals surface area contributed by atoms with Crippen molar-refractivity contribution < 1.29 is 23.9 Å². The number of nitrogens with one attached hydrogen (secondary N) is 3. The summed E-state index contributed by atoms with van der Waals surface area (Å²) in [6.45, 7) is 1.79. The van der Waals surface area contributed by atoms with Crippen molar-refractivity contribution in [1.29, 1.82) is 0 Å². The van der Waals surface area contributed by atoms with Gasteiger partial charge in [0.1, 0.15) is 11.3 Å². The lowest BCUT2D eigenvalue weighted by molar-refractivity contribution is -0.124. The van der Waals surface area contributed by atoms with Gasteiger partial charge in [-0.2, -0.15) is 0 Å². The Labute approximate surface area is 160 Å². The Morgan fingerprint density at radius 1 is 0.964 bits per heavy atom. The number of imide groups is 2. The van der Waals surface area contributed by atoms with Crippen LogP contribution < -0.4 is 20.7 Å². The molecule has 0 aromatic heterocycles. The summed E-state index contributed by atoms with van der Waals surface area (Å²) < 4.78 is 5.43. The van der Waals surface area contributed by atoms with Crippen LogP contribution in [-0.2, 0) is 14.4 Å². The number of hydrogen-bond donors (Lipinski definition) is 3. The molecule has 3 rings (SSSR count). The van der Waals surface area contributed by atoms with Gasteiger partial charge in [0.2, 0.25) is 0 Å². The third kappa shape index (κ3) is 4.82. The van der Waals surface area contributed by atoms with Gasteiger partial charge in [-0.25, -0.2) is 4.79 Å². The number of rotatable bonds is 5. The lowest BCUT2D eigenvalue weighted by Gasteiger charge is -2.14. The molecule has 5 amide bonds. The van der Waals surface area contributed by atoms with Gasteiger partial charge in [-0.1, -0.05) is 29.8 Å². The van der Waals surface area contributed by atoms with Crippen LogP contribution in [0.15, 0.2) is 54.1 Å². The van der Waals surface area contributed by atoms with E-state index in [0.29, 0.717) is 17.0 Å². The fourth-order valence-corrected chi connectivity index (χ4v) is 2.42. The van der Waals surface area contributed by atoms with Crippen LogP contribution in [0.1, 0.15) is 11.1 Å². The van der Waals surface area contributed by atoms with Crippen molar-refractivity contribution in [3.8, 4) is 5.75 Å². The lowest BCUT2D eigenvalue weighted by Crippen LogP contribution is -2.51. The Bertz CT molecular complexity index is 940. The fraction of sp³-hybridized carbons (Fsp3) is 0.100. The van der Waals surface area contributed by atoms with E-state index in [4.69, 9.17) is 4.74 Å². The van der Waals surface area contributed by atoms with Crippen molar-refractivity contribution in [3.05, 3.63) is 65.2 Å². The van der Waals surface area contributed by atoms with Gasteiger partial charge in [-0.3, -0.25) is 25.0 Å². The third-order valence-corrected chi connectivity index (χ3v) is 3.84. The van der Waals surface area contributed by atoms with E-state index in [2.05, 4.69) is 5.32 Å². The zero-order valence-electron chi connectivity index (χ0n) is 14.9. The van der Waals surface area contributed by atoms with Crippen molar-refractivity contribution in [2.24, 2.45) is 0 Å². The average Bonchev–Trinajstić information content (AvgIpc) is 2.66. The van der Waals surface area contributed by atoms with Crippen molar-refractivity contribution in [1.82, 2.24) is 10.6 Å². The number of ether oxygens (including phenoxy) is 1. The number of hydrogen-bond acceptors (Lipinski definition) is 5. The van der Waals surface area contributed by atoms with E-state index in [9.17, 15) is 19.2 Å². The summed E-state index contributed by atoms with van der Waals surface area (Å²) in [6, 6.07) is 13.0. The summed E-state index contributed by atoms with van der Waals surface area (Å²) in [5.41, 5.74) is 2.17. The summed E-state index contributed by atoms with van der Waals surface area (Å²) in [4.78, 5) is 46.4. The van der Waals surface area contributed by atoms with E-state index in [-0.39, 0.29) is 18.1 Å². The van der Waals surface area contributed by atoms with Crippen LogP contribution in [0.5, 0.6) is 5.75 Å². The quantitative estimate of drug-likeness (QED) is 0.541. The lowest BCUT2D eigenvalue weighted by atomic mass is 10.1. The van der Waals surface area contributed by atoms with Gasteiger partial charge in [0.05, 0.1) is 0 Å². The summed E-state index contributed by atoms with van der Waals surface area (Å²) in [6.07, 6.45) is 1.35. The highest BCUT2D eigenvalue weighted by Gasteiger charge is 2.27. The standard InChI is InChI=1S/C20H17N3O5/c1-12-2-6-14(7-3-12)21-17(24)11-28-15-8-4-13(5-9-15)10-16-18(25)22-20(27)23-19(16)26/h2-10H,11H2,1H3,(H,21,24)(H2,22,23,25,26,27). The molecule has 0 aliphatic carbocycles. The van der Waals surface area contributed by atoms with Crippen LogP contribution in [0, 0.1) is 6.92 Å². The van der Waals surface area contributed by atoms with Gasteiger partial charge in [-0.05, 0) is 42.8 Å². The highest BCUT2D eigenvalue weighted by atomic mass is 16.5. The first-order valence-electron chi connectivity index (χ1n) is 8.38.